The Morgan fingerprint density at radius 1 is 0.367 bits per heavy atom. The van der Waals surface area contributed by atoms with Gasteiger partial charge in [0.05, 0.1) is 0 Å². The molecule has 0 aromatic heterocycles. The van der Waals surface area contributed by atoms with Crippen LogP contribution in [0.4, 0.5) is 0 Å². The fraction of sp³-hybridized carbons (Fsp3) is 0.192. The van der Waals surface area contributed by atoms with Gasteiger partial charge in [-0.25, -0.2) is 19.2 Å². The van der Waals surface area contributed by atoms with E-state index in [1.807, 2.05) is 104 Å². The molecule has 0 saturated heterocycles. The van der Waals surface area contributed by atoms with Crippen molar-refractivity contribution in [2.75, 3.05) is 0 Å². The van der Waals surface area contributed by atoms with E-state index >= 15 is 0 Å². The van der Waals surface area contributed by atoms with Crippen LogP contribution < -0.4 is 18.9 Å². The summed E-state index contributed by atoms with van der Waals surface area (Å²) in [4.78, 5) is 48.8. The molecule has 0 N–H and O–H groups in total. The minimum Gasteiger partial charge on any atom is -0.423 e. The Labute approximate surface area is 352 Å². The van der Waals surface area contributed by atoms with E-state index in [0.717, 1.165) is 102 Å². The lowest BCUT2D eigenvalue weighted by Crippen LogP contribution is -2.13. The smallest absolute Gasteiger partial charge is 0.335 e. The molecular formula is C52H50O8. The van der Waals surface area contributed by atoms with E-state index in [4.69, 9.17) is 18.9 Å². The Hall–Kier alpha value is -7.06. The first-order chi connectivity index (χ1) is 28.5. The molecule has 0 heterocycles. The topological polar surface area (TPSA) is 105 Å². The molecule has 0 bridgehead atoms. The number of aryl methyl sites for hydroxylation is 8. The first kappa shape index (κ1) is 44.1. The molecule has 0 radical (unpaired) electrons. The van der Waals surface area contributed by atoms with Gasteiger partial charge in [0.1, 0.15) is 23.0 Å². The van der Waals surface area contributed by atoms with Gasteiger partial charge in [0.15, 0.2) is 0 Å². The third-order valence-corrected chi connectivity index (χ3v) is 10.6. The van der Waals surface area contributed by atoms with Crippen molar-refractivity contribution in [1.29, 1.82) is 0 Å². The second kappa shape index (κ2) is 18.7. The molecule has 0 aliphatic carbocycles. The Balaban J connectivity index is 1.73. The molecule has 5 aromatic rings. The highest BCUT2D eigenvalue weighted by Crippen LogP contribution is 2.43. The summed E-state index contributed by atoms with van der Waals surface area (Å²) in [6, 6.07) is 24.1. The third-order valence-electron chi connectivity index (χ3n) is 10.6. The van der Waals surface area contributed by atoms with Crippen LogP contribution in [0.15, 0.2) is 123 Å². The Morgan fingerprint density at radius 2 is 0.567 bits per heavy atom. The summed E-state index contributed by atoms with van der Waals surface area (Å²) in [6.07, 6.45) is 4.54. The SMILES string of the molecule is C=CC(=O)Oc1cc(C)c(C(c2ccc(C(c3cc(C)c(OC(=O)C=C)cc3C)c3cc(C)c(OC(=O)C=C)cc3C)cc2)c2cc(C)c(OC(=O)C=C)cc2C)cc1C. The number of hydrogen-bond acceptors (Lipinski definition) is 8. The van der Waals surface area contributed by atoms with E-state index in [1.54, 1.807) is 0 Å². The first-order valence-electron chi connectivity index (χ1n) is 19.4. The zero-order valence-corrected chi connectivity index (χ0v) is 35.5. The molecule has 0 spiro atoms. The van der Waals surface area contributed by atoms with Crippen molar-refractivity contribution >= 4 is 23.9 Å². The van der Waals surface area contributed by atoms with Crippen LogP contribution in [0.5, 0.6) is 23.0 Å². The summed E-state index contributed by atoms with van der Waals surface area (Å²) < 4.78 is 22.3. The summed E-state index contributed by atoms with van der Waals surface area (Å²) in [5.41, 5.74) is 12.7. The molecule has 0 amide bonds. The Morgan fingerprint density at radius 3 is 0.750 bits per heavy atom. The molecule has 0 aliphatic rings. The molecule has 0 fully saturated rings. The summed E-state index contributed by atoms with van der Waals surface area (Å²) in [5, 5.41) is 0. The van der Waals surface area contributed by atoms with Crippen molar-refractivity contribution < 1.29 is 38.1 Å². The monoisotopic (exact) mass is 802 g/mol. The van der Waals surface area contributed by atoms with Crippen LogP contribution in [-0.4, -0.2) is 23.9 Å². The molecule has 5 rings (SSSR count). The number of esters is 4. The van der Waals surface area contributed by atoms with Crippen LogP contribution >= 0.6 is 0 Å². The maximum absolute atomic E-state index is 12.2. The van der Waals surface area contributed by atoms with Gasteiger partial charge < -0.3 is 18.9 Å². The highest BCUT2D eigenvalue weighted by atomic mass is 16.5. The van der Waals surface area contributed by atoms with Gasteiger partial charge >= 0.3 is 23.9 Å². The lowest BCUT2D eigenvalue weighted by atomic mass is 9.77. The summed E-state index contributed by atoms with van der Waals surface area (Å²) >= 11 is 0. The molecular weight excluding hydrogens is 753 g/mol. The molecule has 60 heavy (non-hydrogen) atoms. The zero-order valence-electron chi connectivity index (χ0n) is 35.5. The normalized spacial score (nSPS) is 10.8. The van der Waals surface area contributed by atoms with Gasteiger partial charge in [0, 0.05) is 36.1 Å². The molecule has 0 unspecified atom stereocenters. The molecule has 0 atom stereocenters. The van der Waals surface area contributed by atoms with E-state index in [2.05, 4.69) is 50.6 Å². The predicted octanol–water partition coefficient (Wildman–Crippen LogP) is 10.9. The standard InChI is InChI=1S/C52H50O8/c1-13-47(53)57-43-25-29(5)39(21-33(43)9)51(40-22-34(10)44(26-30(40)6)58-48(54)14-2)37-17-19-38(20-18-37)52(41-23-35(11)45(27-31(41)7)59-49(55)15-3)42-24-36(12)46(28-32(42)8)60-50(56)16-4/h13-28,51-52H,1-4H2,5-12H3. The van der Waals surface area contributed by atoms with Crippen LogP contribution in [0.25, 0.3) is 0 Å². The number of carbonyl (C=O) groups is 4. The molecule has 306 valence electrons. The van der Waals surface area contributed by atoms with Crippen molar-refractivity contribution in [3.05, 3.63) is 201 Å². The van der Waals surface area contributed by atoms with Gasteiger partial charge in [-0.05, 0) is 158 Å². The summed E-state index contributed by atoms with van der Waals surface area (Å²) in [6.45, 7) is 29.7. The van der Waals surface area contributed by atoms with Crippen LogP contribution in [0.2, 0.25) is 0 Å². The van der Waals surface area contributed by atoms with Gasteiger partial charge in [-0.3, -0.25) is 0 Å². The largest absolute Gasteiger partial charge is 0.423 e. The highest BCUT2D eigenvalue weighted by Gasteiger charge is 2.27. The van der Waals surface area contributed by atoms with Crippen molar-refractivity contribution in [1.82, 2.24) is 0 Å². The number of carbonyl (C=O) groups excluding carboxylic acids is 4. The lowest BCUT2D eigenvalue weighted by molar-refractivity contribution is -0.129. The Kier molecular flexibility index (Phi) is 13.7. The number of benzene rings is 5. The lowest BCUT2D eigenvalue weighted by Gasteiger charge is -2.27. The van der Waals surface area contributed by atoms with E-state index in [0.29, 0.717) is 23.0 Å². The molecule has 5 aromatic carbocycles. The van der Waals surface area contributed by atoms with Crippen molar-refractivity contribution in [2.45, 2.75) is 67.2 Å². The van der Waals surface area contributed by atoms with E-state index in [-0.39, 0.29) is 11.8 Å². The average Bonchev–Trinajstić information content (AvgIpc) is 3.22. The van der Waals surface area contributed by atoms with Crippen molar-refractivity contribution in [3.8, 4) is 23.0 Å². The fourth-order valence-corrected chi connectivity index (χ4v) is 7.47. The Bertz CT molecular complexity index is 2240. The number of rotatable bonds is 14. The number of hydrogen-bond donors (Lipinski definition) is 0. The molecule has 0 aliphatic heterocycles. The van der Waals surface area contributed by atoms with E-state index in [1.165, 1.54) is 0 Å². The third kappa shape index (κ3) is 9.62. The van der Waals surface area contributed by atoms with Crippen molar-refractivity contribution in [3.63, 3.8) is 0 Å². The highest BCUT2D eigenvalue weighted by molar-refractivity contribution is 5.85. The second-order valence-corrected chi connectivity index (χ2v) is 14.9. The second-order valence-electron chi connectivity index (χ2n) is 14.9. The molecule has 8 heteroatoms. The van der Waals surface area contributed by atoms with Gasteiger partial charge in [0.25, 0.3) is 0 Å². The molecule has 0 saturated carbocycles. The van der Waals surface area contributed by atoms with Gasteiger partial charge in [-0.1, -0.05) is 74.8 Å². The van der Waals surface area contributed by atoms with Crippen LogP contribution in [0.3, 0.4) is 0 Å². The van der Waals surface area contributed by atoms with Gasteiger partial charge in [0.2, 0.25) is 0 Å². The van der Waals surface area contributed by atoms with Gasteiger partial charge in [-0.15, -0.1) is 0 Å². The minimum atomic E-state index is -0.543. The number of ether oxygens (including phenoxy) is 4. The minimum absolute atomic E-state index is 0.283. The van der Waals surface area contributed by atoms with Crippen LogP contribution in [0.1, 0.15) is 89.7 Å². The maximum atomic E-state index is 12.2. The van der Waals surface area contributed by atoms with Gasteiger partial charge in [-0.2, -0.15) is 0 Å². The van der Waals surface area contributed by atoms with Crippen molar-refractivity contribution in [2.24, 2.45) is 0 Å². The van der Waals surface area contributed by atoms with Crippen LogP contribution in [-0.2, 0) is 19.2 Å². The predicted molar refractivity (Wildman–Crippen MR) is 235 cm³/mol. The maximum Gasteiger partial charge on any atom is 0.335 e. The molecule has 8 nitrogen and oxygen atoms in total. The zero-order chi connectivity index (χ0) is 44.0. The summed E-state index contributed by atoms with van der Waals surface area (Å²) in [7, 11) is 0. The average molecular weight is 803 g/mol. The fourth-order valence-electron chi connectivity index (χ4n) is 7.47. The first-order valence-corrected chi connectivity index (χ1v) is 19.4. The van der Waals surface area contributed by atoms with Crippen LogP contribution in [0, 0.1) is 55.4 Å². The summed E-state index contributed by atoms with van der Waals surface area (Å²) in [5.74, 6) is -0.944. The van der Waals surface area contributed by atoms with E-state index < -0.39 is 23.9 Å². The quantitative estimate of drug-likeness (QED) is 0.0473. The van der Waals surface area contributed by atoms with E-state index in [9.17, 15) is 19.2 Å².